The van der Waals surface area contributed by atoms with Gasteiger partial charge in [-0.25, -0.2) is 0 Å². The summed E-state index contributed by atoms with van der Waals surface area (Å²) in [6.07, 6.45) is -1.40. The van der Waals surface area contributed by atoms with E-state index in [1.54, 1.807) is 9.13 Å². The molecule has 0 aliphatic rings. The molecule has 0 fully saturated rings. The molecule has 0 aliphatic heterocycles. The Balaban J connectivity index is 1.22. The van der Waals surface area contributed by atoms with E-state index in [-0.39, 0.29) is 35.0 Å². The van der Waals surface area contributed by atoms with Crippen molar-refractivity contribution in [3.05, 3.63) is 132 Å². The molecule has 0 aliphatic carbocycles. The number of aromatic nitrogens is 6. The second-order valence-corrected chi connectivity index (χ2v) is 13.6. The molecule has 0 spiro atoms. The highest BCUT2D eigenvalue weighted by atomic mass is 32.2. The molecule has 4 aromatic carbocycles. The lowest BCUT2D eigenvalue weighted by molar-refractivity contribution is -0.114. The summed E-state index contributed by atoms with van der Waals surface area (Å²) in [6.45, 7) is 4.14. The van der Waals surface area contributed by atoms with Crippen LogP contribution in [0.1, 0.15) is 48.8 Å². The number of amides is 2. The summed E-state index contributed by atoms with van der Waals surface area (Å²) in [5, 5.41) is 47.0. The van der Waals surface area contributed by atoms with Crippen molar-refractivity contribution in [1.82, 2.24) is 29.5 Å². The molecule has 2 amide bonds. The number of carbonyl (C=O) groups is 2. The quantitative estimate of drug-likeness (QED) is 0.0895. The number of anilines is 2. The minimum atomic E-state index is -1.60. The van der Waals surface area contributed by atoms with Crippen LogP contribution < -0.4 is 10.6 Å². The van der Waals surface area contributed by atoms with Gasteiger partial charge in [0.1, 0.15) is 12.2 Å². The van der Waals surface area contributed by atoms with Crippen LogP contribution in [0.15, 0.2) is 120 Å². The molecular weight excluding hydrogens is 697 g/mol. The first-order valence-electron chi connectivity index (χ1n) is 16.7. The van der Waals surface area contributed by atoms with Crippen LogP contribution in [-0.4, -0.2) is 63.1 Å². The zero-order chi connectivity index (χ0) is 36.5. The van der Waals surface area contributed by atoms with E-state index in [1.807, 2.05) is 109 Å². The maximum Gasteiger partial charge on any atom is 0.234 e. The fraction of sp³-hybridized carbons (Fsp3) is 0.211. The number of nitrogens with zero attached hydrogens (tertiary/aromatic N) is 6. The normalized spacial score (nSPS) is 12.3. The van der Waals surface area contributed by atoms with E-state index in [1.165, 1.54) is 11.1 Å². The topological polar surface area (TPSA) is 160 Å². The van der Waals surface area contributed by atoms with Crippen molar-refractivity contribution in [3.8, 4) is 11.4 Å². The highest BCUT2D eigenvalue weighted by Crippen LogP contribution is 2.34. The number of thioether (sulfide) groups is 2. The molecule has 2 aromatic heterocycles. The van der Waals surface area contributed by atoms with Crippen molar-refractivity contribution in [3.63, 3.8) is 0 Å². The van der Waals surface area contributed by atoms with E-state index < -0.39 is 12.2 Å². The summed E-state index contributed by atoms with van der Waals surface area (Å²) >= 11 is 2.30. The largest absolute Gasteiger partial charge is 0.382 e. The van der Waals surface area contributed by atoms with Gasteiger partial charge in [0.15, 0.2) is 22.0 Å². The molecule has 266 valence electrons. The fourth-order valence-electron chi connectivity index (χ4n) is 5.36. The first-order valence-corrected chi connectivity index (χ1v) is 18.7. The average molecular weight is 735 g/mol. The van der Waals surface area contributed by atoms with Crippen LogP contribution in [0.5, 0.6) is 0 Å². The Hall–Kier alpha value is -5.28. The molecule has 2 unspecified atom stereocenters. The average Bonchev–Trinajstić information content (AvgIpc) is 3.82. The number of aliphatic hydroxyl groups excluding tert-OH is 2. The molecule has 52 heavy (non-hydrogen) atoms. The van der Waals surface area contributed by atoms with Gasteiger partial charge in [-0.3, -0.25) is 18.7 Å². The van der Waals surface area contributed by atoms with Gasteiger partial charge in [-0.2, -0.15) is 0 Å². The molecular formula is C38H38N8O4S2. The number of benzene rings is 4. The molecule has 14 heteroatoms. The second kappa shape index (κ2) is 17.3. The Morgan fingerprint density at radius 1 is 0.577 bits per heavy atom. The van der Waals surface area contributed by atoms with Gasteiger partial charge in [-0.15, -0.1) is 20.4 Å². The number of aliphatic hydroxyl groups is 2. The first kappa shape index (κ1) is 36.5. The molecule has 6 rings (SSSR count). The lowest BCUT2D eigenvalue weighted by Gasteiger charge is -2.20. The Morgan fingerprint density at radius 3 is 1.29 bits per heavy atom. The molecule has 0 saturated heterocycles. The summed E-state index contributed by atoms with van der Waals surface area (Å²) in [5.41, 5.74) is 4.98. The Morgan fingerprint density at radius 2 is 0.942 bits per heavy atom. The van der Waals surface area contributed by atoms with Gasteiger partial charge in [0.05, 0.1) is 11.5 Å². The molecule has 12 nitrogen and oxygen atoms in total. The van der Waals surface area contributed by atoms with E-state index in [0.717, 1.165) is 36.4 Å². The minimum Gasteiger partial charge on any atom is -0.382 e. The van der Waals surface area contributed by atoms with Gasteiger partial charge in [-0.1, -0.05) is 98.0 Å². The van der Waals surface area contributed by atoms with Crippen LogP contribution in [0.2, 0.25) is 0 Å². The fourth-order valence-corrected chi connectivity index (χ4v) is 6.87. The zero-order valence-electron chi connectivity index (χ0n) is 28.6. The van der Waals surface area contributed by atoms with Crippen molar-refractivity contribution in [1.29, 1.82) is 0 Å². The Bertz CT molecular complexity index is 1940. The third-order valence-corrected chi connectivity index (χ3v) is 9.99. The lowest BCUT2D eigenvalue weighted by Crippen LogP contribution is -2.20. The number of rotatable bonds is 15. The van der Waals surface area contributed by atoms with Crippen molar-refractivity contribution in [2.75, 3.05) is 22.1 Å². The SMILES string of the molecule is CCc1ccc(NC(=O)CSc2nnc(C(O)C(O)c3nnc(SCC(=O)Nc4ccc(CC)cc4)n3-c3ccccc3)n2-c2ccccc2)cc1. The standard InChI is InChI=1S/C38H38N8O4S2/c1-3-25-15-19-27(20-16-25)39-31(47)23-51-37-43-41-35(45(37)29-11-7-5-8-12-29)33(49)34(50)36-42-44-38(46(36)30-13-9-6-10-14-30)52-24-32(48)40-28-21-17-26(4-2)18-22-28/h5-22,33-34,49-50H,3-4,23-24H2,1-2H3,(H,39,47)(H,40,48). The van der Waals surface area contributed by atoms with Crippen molar-refractivity contribution >= 4 is 46.7 Å². The first-order chi connectivity index (χ1) is 25.3. The molecule has 2 heterocycles. The van der Waals surface area contributed by atoms with Crippen LogP contribution >= 0.6 is 23.5 Å². The van der Waals surface area contributed by atoms with E-state index >= 15 is 0 Å². The van der Waals surface area contributed by atoms with E-state index in [2.05, 4.69) is 44.9 Å². The Labute approximate surface area is 309 Å². The number of aryl methyl sites for hydroxylation is 2. The van der Waals surface area contributed by atoms with Crippen LogP contribution in [-0.2, 0) is 22.4 Å². The van der Waals surface area contributed by atoms with Crippen LogP contribution in [0, 0.1) is 0 Å². The van der Waals surface area contributed by atoms with Crippen molar-refractivity contribution in [2.45, 2.75) is 49.2 Å². The molecule has 0 radical (unpaired) electrons. The molecule has 0 bridgehead atoms. The molecule has 4 N–H and O–H groups in total. The van der Waals surface area contributed by atoms with E-state index in [0.29, 0.717) is 33.1 Å². The van der Waals surface area contributed by atoms with Crippen LogP contribution in [0.25, 0.3) is 11.4 Å². The smallest absolute Gasteiger partial charge is 0.234 e. The van der Waals surface area contributed by atoms with Gasteiger partial charge in [0.25, 0.3) is 0 Å². The zero-order valence-corrected chi connectivity index (χ0v) is 30.2. The van der Waals surface area contributed by atoms with Gasteiger partial charge in [0, 0.05) is 22.7 Å². The highest BCUT2D eigenvalue weighted by Gasteiger charge is 2.33. The third kappa shape index (κ3) is 8.77. The number of carbonyl (C=O) groups excluding carboxylic acids is 2. The molecule has 6 aromatic rings. The molecule has 2 atom stereocenters. The maximum atomic E-state index is 12.9. The van der Waals surface area contributed by atoms with E-state index in [9.17, 15) is 19.8 Å². The van der Waals surface area contributed by atoms with Gasteiger partial charge < -0.3 is 20.8 Å². The summed E-state index contributed by atoms with van der Waals surface area (Å²) in [5.74, 6) is -0.324. The number of para-hydroxylation sites is 2. The monoisotopic (exact) mass is 734 g/mol. The maximum absolute atomic E-state index is 12.9. The minimum absolute atomic E-state index is 0.0275. The summed E-state index contributed by atoms with van der Waals surface area (Å²) in [4.78, 5) is 25.8. The van der Waals surface area contributed by atoms with Crippen molar-refractivity contribution < 1.29 is 19.8 Å². The van der Waals surface area contributed by atoms with Crippen LogP contribution in [0.3, 0.4) is 0 Å². The van der Waals surface area contributed by atoms with Gasteiger partial charge in [-0.05, 0) is 72.5 Å². The predicted molar refractivity (Wildman–Crippen MR) is 203 cm³/mol. The number of hydrogen-bond acceptors (Lipinski definition) is 10. The number of hydrogen-bond donors (Lipinski definition) is 4. The van der Waals surface area contributed by atoms with Gasteiger partial charge in [0.2, 0.25) is 11.8 Å². The van der Waals surface area contributed by atoms with Crippen molar-refractivity contribution in [2.24, 2.45) is 0 Å². The van der Waals surface area contributed by atoms with E-state index in [4.69, 9.17) is 0 Å². The summed E-state index contributed by atoms with van der Waals surface area (Å²) in [6, 6.07) is 33.6. The predicted octanol–water partition coefficient (Wildman–Crippen LogP) is 6.20. The third-order valence-electron chi connectivity index (χ3n) is 8.13. The summed E-state index contributed by atoms with van der Waals surface area (Å²) in [7, 11) is 0. The summed E-state index contributed by atoms with van der Waals surface area (Å²) < 4.78 is 3.22. The van der Waals surface area contributed by atoms with Gasteiger partial charge >= 0.3 is 0 Å². The highest BCUT2D eigenvalue weighted by molar-refractivity contribution is 8.00. The molecule has 0 saturated carbocycles. The second-order valence-electron chi connectivity index (χ2n) is 11.7. The Kier molecular flexibility index (Phi) is 12.1. The van der Waals surface area contributed by atoms with Crippen LogP contribution in [0.4, 0.5) is 11.4 Å². The lowest BCUT2D eigenvalue weighted by atomic mass is 10.1. The number of nitrogens with one attached hydrogen (secondary N) is 2.